The van der Waals surface area contributed by atoms with Crippen LogP contribution < -0.4 is 61.4 Å². The van der Waals surface area contributed by atoms with Gasteiger partial charge in [0.1, 0.15) is 5.75 Å². The van der Waals surface area contributed by atoms with Gasteiger partial charge in [-0.1, -0.05) is 81.6 Å². The molecule has 0 bridgehead atoms. The molecule has 1 unspecified atom stereocenters. The second kappa shape index (κ2) is 17.7. The fraction of sp³-hybridized carbons (Fsp3) is 0.355. The van der Waals surface area contributed by atoms with Crippen molar-refractivity contribution in [1.82, 2.24) is 10.3 Å². The smallest absolute Gasteiger partial charge is 0.496 e. The number of allylic oxidation sites excluding steroid dienone is 3. The van der Waals surface area contributed by atoms with E-state index in [9.17, 15) is 4.79 Å². The largest absolute Gasteiger partial charge is 1.00 e. The van der Waals surface area contributed by atoms with Crippen LogP contribution in [0.3, 0.4) is 0 Å². The van der Waals surface area contributed by atoms with Gasteiger partial charge in [-0.25, -0.2) is 0 Å². The number of aromatic amines is 1. The number of methoxy groups -OCH3 is 2. The van der Waals surface area contributed by atoms with E-state index in [2.05, 4.69) is 41.0 Å². The van der Waals surface area contributed by atoms with Gasteiger partial charge in [0, 0.05) is 12.6 Å². The van der Waals surface area contributed by atoms with Gasteiger partial charge in [-0.15, -0.1) is 24.1 Å². The Morgan fingerprint density at radius 2 is 1.78 bits per heavy atom. The molecule has 2 N–H and O–H groups in total. The van der Waals surface area contributed by atoms with Gasteiger partial charge in [0.15, 0.2) is 0 Å². The zero-order valence-electron chi connectivity index (χ0n) is 23.7. The van der Waals surface area contributed by atoms with Crippen molar-refractivity contribution < 1.29 is 65.7 Å². The van der Waals surface area contributed by atoms with Crippen molar-refractivity contribution in [3.05, 3.63) is 95.3 Å². The first-order valence-electron chi connectivity index (χ1n) is 12.7. The normalized spacial score (nSPS) is 15.1. The summed E-state index contributed by atoms with van der Waals surface area (Å²) >= 11 is 0. The number of rotatable bonds is 8. The van der Waals surface area contributed by atoms with Crippen LogP contribution in [0.4, 0.5) is 0 Å². The number of hydrogen-bond acceptors (Lipinski definition) is 4. The van der Waals surface area contributed by atoms with Crippen LogP contribution in [0.5, 0.6) is 5.75 Å². The SMILES string of the molecule is CC.CC.COC/C([CH-]c1cccc2[nH]ccc12)=C(\C)NC1=[C-]C(=O)CC(c2ccccc2OC)C1.[K+]. The Balaban J connectivity index is 0.00000131. The van der Waals surface area contributed by atoms with Gasteiger partial charge in [0.2, 0.25) is 0 Å². The Morgan fingerprint density at radius 3 is 2.49 bits per heavy atom. The second-order valence-corrected chi connectivity index (χ2v) is 8.01. The van der Waals surface area contributed by atoms with Crippen molar-refractivity contribution in [2.75, 3.05) is 20.8 Å². The van der Waals surface area contributed by atoms with Crippen LogP contribution >= 0.6 is 0 Å². The third-order valence-electron chi connectivity index (χ3n) is 5.83. The van der Waals surface area contributed by atoms with E-state index in [0.29, 0.717) is 19.4 Å². The molecule has 37 heavy (non-hydrogen) atoms. The number of nitrogens with one attached hydrogen (secondary N) is 2. The van der Waals surface area contributed by atoms with Crippen LogP contribution in [0.1, 0.15) is 64.5 Å². The fourth-order valence-corrected chi connectivity index (χ4v) is 4.26. The van der Waals surface area contributed by atoms with Gasteiger partial charge in [0.25, 0.3) is 0 Å². The zero-order valence-corrected chi connectivity index (χ0v) is 26.8. The van der Waals surface area contributed by atoms with Gasteiger partial charge in [-0.05, 0) is 42.4 Å². The number of carbonyl (C=O) groups is 1. The standard InChI is InChI=1S/C27H28N2O3.2C2H6.K/c1-18(21(17-31-2)13-19-7-6-9-26-24(19)11-12-28-26)29-22-14-20(15-23(30)16-22)25-8-4-5-10-27(25)32-3;2*1-2;/h4-13,20,28-29H,14-15,17H2,1-3H3;2*1-2H3;/q-2;;;+1/b21-18+;;;. The van der Waals surface area contributed by atoms with Crippen molar-refractivity contribution in [3.8, 4) is 5.75 Å². The first-order chi connectivity index (χ1) is 17.6. The van der Waals surface area contributed by atoms with Crippen LogP contribution in [0.2, 0.25) is 0 Å². The molecule has 0 aliphatic heterocycles. The molecule has 0 amide bonds. The number of H-pyrrole nitrogens is 1. The van der Waals surface area contributed by atoms with E-state index in [1.165, 1.54) is 0 Å². The summed E-state index contributed by atoms with van der Waals surface area (Å²) in [6, 6.07) is 16.1. The van der Waals surface area contributed by atoms with Crippen LogP contribution in [0.25, 0.3) is 10.9 Å². The van der Waals surface area contributed by atoms with E-state index in [-0.39, 0.29) is 63.1 Å². The first kappa shape index (κ1) is 33.2. The van der Waals surface area contributed by atoms with Crippen molar-refractivity contribution >= 4 is 16.7 Å². The number of ketones is 1. The van der Waals surface area contributed by atoms with Gasteiger partial charge in [-0.3, -0.25) is 0 Å². The maximum Gasteiger partial charge on any atom is 1.00 e. The van der Waals surface area contributed by atoms with Gasteiger partial charge < -0.3 is 30.6 Å². The number of benzene rings is 2. The Kier molecular flexibility index (Phi) is 15.9. The summed E-state index contributed by atoms with van der Waals surface area (Å²) in [6.07, 6.45) is 8.20. The number of para-hydroxylation sites is 1. The Labute approximate surface area is 265 Å². The monoisotopic (exact) mass is 527 g/mol. The molecule has 1 aliphatic rings. The van der Waals surface area contributed by atoms with Crippen LogP contribution in [0, 0.1) is 12.5 Å². The first-order valence-corrected chi connectivity index (χ1v) is 12.7. The average molecular weight is 528 g/mol. The summed E-state index contributed by atoms with van der Waals surface area (Å²) in [5.74, 6) is 0.863. The molecule has 1 atom stereocenters. The number of carbonyl (C=O) groups excluding carboxylic acids is 1. The maximum atomic E-state index is 12.5. The minimum absolute atomic E-state index is 0. The predicted octanol–water partition coefficient (Wildman–Crippen LogP) is 4.13. The number of hydrogen-bond donors (Lipinski definition) is 2. The van der Waals surface area contributed by atoms with Crippen LogP contribution in [-0.4, -0.2) is 31.6 Å². The molecular formula is C31H40KN2O3-. The average Bonchev–Trinajstić information content (AvgIpc) is 3.40. The van der Waals surface area contributed by atoms with E-state index in [0.717, 1.165) is 44.7 Å². The number of Topliss-reactive ketones (excluding diaryl/α,β-unsaturated/α-hetero) is 1. The molecular weight excluding hydrogens is 487 g/mol. The van der Waals surface area contributed by atoms with E-state index < -0.39 is 0 Å². The van der Waals surface area contributed by atoms with Crippen LogP contribution in [-0.2, 0) is 9.53 Å². The minimum Gasteiger partial charge on any atom is -0.496 e. The molecule has 194 valence electrons. The maximum absolute atomic E-state index is 12.5. The van der Waals surface area contributed by atoms with Crippen LogP contribution in [0.15, 0.2) is 71.7 Å². The van der Waals surface area contributed by atoms with E-state index >= 15 is 0 Å². The van der Waals surface area contributed by atoms with E-state index in [4.69, 9.17) is 9.47 Å². The molecule has 3 aromatic rings. The molecule has 0 radical (unpaired) electrons. The van der Waals surface area contributed by atoms with Crippen molar-refractivity contribution in [2.24, 2.45) is 0 Å². The van der Waals surface area contributed by atoms with Crippen molar-refractivity contribution in [3.63, 3.8) is 0 Å². The topological polar surface area (TPSA) is 63.3 Å². The number of aromatic nitrogens is 1. The zero-order chi connectivity index (χ0) is 26.5. The molecule has 6 heteroatoms. The fourth-order valence-electron chi connectivity index (χ4n) is 4.26. The minimum atomic E-state index is -0.00295. The summed E-state index contributed by atoms with van der Waals surface area (Å²) in [7, 11) is 3.35. The van der Waals surface area contributed by atoms with E-state index in [1.807, 2.05) is 71.1 Å². The van der Waals surface area contributed by atoms with Crippen molar-refractivity contribution in [2.45, 2.75) is 53.4 Å². The molecule has 1 aromatic heterocycles. The van der Waals surface area contributed by atoms with Crippen molar-refractivity contribution in [1.29, 1.82) is 0 Å². The Bertz CT molecular complexity index is 1180. The molecule has 0 fully saturated rings. The third kappa shape index (κ3) is 9.16. The molecule has 0 saturated carbocycles. The molecule has 0 spiro atoms. The summed E-state index contributed by atoms with van der Waals surface area (Å²) in [4.78, 5) is 15.7. The van der Waals surface area contributed by atoms with Gasteiger partial charge >= 0.3 is 51.4 Å². The quantitative estimate of drug-likeness (QED) is 0.342. The summed E-state index contributed by atoms with van der Waals surface area (Å²) in [6.45, 7) is 10.5. The molecule has 5 nitrogen and oxygen atoms in total. The van der Waals surface area contributed by atoms with Gasteiger partial charge in [0.05, 0.1) is 13.7 Å². The summed E-state index contributed by atoms with van der Waals surface area (Å²) in [5.41, 5.74) is 6.00. The molecule has 1 heterocycles. The predicted molar refractivity (Wildman–Crippen MR) is 149 cm³/mol. The molecule has 0 saturated heterocycles. The van der Waals surface area contributed by atoms with E-state index in [1.54, 1.807) is 14.2 Å². The Morgan fingerprint density at radius 1 is 1.05 bits per heavy atom. The molecule has 1 aliphatic carbocycles. The molecule has 4 rings (SSSR count). The second-order valence-electron chi connectivity index (χ2n) is 8.01. The number of ether oxygens (including phenoxy) is 2. The van der Waals surface area contributed by atoms with Gasteiger partial charge in [-0.2, -0.15) is 5.70 Å². The third-order valence-corrected chi connectivity index (χ3v) is 5.83. The summed E-state index contributed by atoms with van der Waals surface area (Å²) < 4.78 is 11.0. The number of fused-ring (bicyclic) bond motifs is 1. The molecule has 2 aromatic carbocycles. The summed E-state index contributed by atoms with van der Waals surface area (Å²) in [5, 5.41) is 4.59. The Hall–Kier alpha value is -1.80.